The summed E-state index contributed by atoms with van der Waals surface area (Å²) in [7, 11) is 0. The molecular formula is C14H25N3S. The molecule has 1 saturated carbocycles. The molecular weight excluding hydrogens is 242 g/mol. The van der Waals surface area contributed by atoms with Crippen LogP contribution in [-0.2, 0) is 6.42 Å². The number of hydrogen-bond acceptors (Lipinski definition) is 2. The lowest BCUT2D eigenvalue weighted by atomic mass is 10.1. The highest BCUT2D eigenvalue weighted by Crippen LogP contribution is 2.35. The molecule has 0 amide bonds. The molecule has 1 aliphatic rings. The molecule has 1 heterocycles. The minimum absolute atomic E-state index is 0.649. The lowest BCUT2D eigenvalue weighted by molar-refractivity contribution is 0.572. The van der Waals surface area contributed by atoms with Crippen LogP contribution in [0, 0.1) is 4.77 Å². The molecule has 0 spiro atoms. The maximum Gasteiger partial charge on any atom is 0.195 e. The van der Waals surface area contributed by atoms with Crippen LogP contribution in [0.25, 0.3) is 0 Å². The summed E-state index contributed by atoms with van der Waals surface area (Å²) in [6.07, 6.45) is 13.1. The predicted molar refractivity (Wildman–Crippen MR) is 77.4 cm³/mol. The number of aromatic amines is 1. The Bertz CT molecular complexity index is 403. The van der Waals surface area contributed by atoms with Crippen molar-refractivity contribution in [2.45, 2.75) is 77.2 Å². The van der Waals surface area contributed by atoms with Gasteiger partial charge in [-0.15, -0.1) is 0 Å². The SMILES string of the molecule is CCCCCCCCCc1n[nH]c(=S)n1C1CC1. The quantitative estimate of drug-likeness (QED) is 0.525. The van der Waals surface area contributed by atoms with Crippen LogP contribution in [0.5, 0.6) is 0 Å². The summed E-state index contributed by atoms with van der Waals surface area (Å²) < 4.78 is 3.06. The topological polar surface area (TPSA) is 33.6 Å². The third-order valence-corrected chi connectivity index (χ3v) is 3.98. The van der Waals surface area contributed by atoms with Crippen molar-refractivity contribution in [1.82, 2.24) is 14.8 Å². The molecule has 1 fully saturated rings. The van der Waals surface area contributed by atoms with Gasteiger partial charge in [0, 0.05) is 12.5 Å². The molecule has 0 aromatic carbocycles. The molecule has 0 unspecified atom stereocenters. The van der Waals surface area contributed by atoms with Gasteiger partial charge in [-0.05, 0) is 31.5 Å². The van der Waals surface area contributed by atoms with Gasteiger partial charge in [-0.25, -0.2) is 0 Å². The van der Waals surface area contributed by atoms with E-state index in [0.717, 1.165) is 11.2 Å². The summed E-state index contributed by atoms with van der Waals surface area (Å²) in [4.78, 5) is 0. The third kappa shape index (κ3) is 3.94. The van der Waals surface area contributed by atoms with Crippen LogP contribution in [0.1, 0.15) is 76.6 Å². The van der Waals surface area contributed by atoms with Crippen LogP contribution < -0.4 is 0 Å². The first-order chi connectivity index (χ1) is 8.83. The summed E-state index contributed by atoms with van der Waals surface area (Å²) in [6, 6.07) is 0.649. The standard InChI is InChI=1S/C14H25N3S/c1-2-3-4-5-6-7-8-9-13-15-16-14(18)17(13)12-10-11-12/h12H,2-11H2,1H3,(H,16,18). The molecule has 0 bridgehead atoms. The van der Waals surface area contributed by atoms with Crippen molar-refractivity contribution in [2.75, 3.05) is 0 Å². The van der Waals surface area contributed by atoms with Gasteiger partial charge >= 0.3 is 0 Å². The van der Waals surface area contributed by atoms with E-state index in [-0.39, 0.29) is 0 Å². The molecule has 18 heavy (non-hydrogen) atoms. The fraction of sp³-hybridized carbons (Fsp3) is 0.857. The first-order valence-electron chi connectivity index (χ1n) is 7.48. The fourth-order valence-corrected chi connectivity index (χ4v) is 2.76. The summed E-state index contributed by atoms with van der Waals surface area (Å²) in [6.45, 7) is 2.26. The molecule has 1 aromatic heterocycles. The van der Waals surface area contributed by atoms with Gasteiger partial charge in [0.05, 0.1) is 0 Å². The number of H-pyrrole nitrogens is 1. The average molecular weight is 267 g/mol. The van der Waals surface area contributed by atoms with Gasteiger partial charge in [-0.3, -0.25) is 5.10 Å². The Balaban J connectivity index is 1.66. The number of rotatable bonds is 9. The Morgan fingerprint density at radius 2 is 1.83 bits per heavy atom. The van der Waals surface area contributed by atoms with Gasteiger partial charge in [0.2, 0.25) is 0 Å². The van der Waals surface area contributed by atoms with Crippen LogP contribution in [0.2, 0.25) is 0 Å². The second kappa shape index (κ2) is 7.07. The van der Waals surface area contributed by atoms with Gasteiger partial charge < -0.3 is 4.57 Å². The van der Waals surface area contributed by atoms with Crippen LogP contribution >= 0.6 is 12.2 Å². The Hall–Kier alpha value is -0.640. The third-order valence-electron chi connectivity index (χ3n) is 3.69. The van der Waals surface area contributed by atoms with Crippen LogP contribution in [0.3, 0.4) is 0 Å². The Kier molecular flexibility index (Phi) is 5.42. The zero-order chi connectivity index (χ0) is 12.8. The number of aryl methyl sites for hydroxylation is 1. The smallest absolute Gasteiger partial charge is 0.195 e. The van der Waals surface area contributed by atoms with Gasteiger partial charge in [0.25, 0.3) is 0 Å². The molecule has 3 nitrogen and oxygen atoms in total. The summed E-state index contributed by atoms with van der Waals surface area (Å²) in [5, 5.41) is 7.31. The Morgan fingerprint density at radius 3 is 2.50 bits per heavy atom. The average Bonchev–Trinajstić information content (AvgIpc) is 3.13. The molecule has 0 aliphatic heterocycles. The van der Waals surface area contributed by atoms with Gasteiger partial charge in [-0.2, -0.15) is 5.10 Å². The minimum Gasteiger partial charge on any atom is -0.301 e. The van der Waals surface area contributed by atoms with Crippen molar-refractivity contribution in [3.05, 3.63) is 10.6 Å². The van der Waals surface area contributed by atoms with Crippen molar-refractivity contribution in [3.8, 4) is 0 Å². The number of aromatic nitrogens is 3. The van der Waals surface area contributed by atoms with Gasteiger partial charge in [0.1, 0.15) is 5.82 Å². The maximum absolute atomic E-state index is 5.28. The van der Waals surface area contributed by atoms with E-state index in [1.165, 1.54) is 63.6 Å². The molecule has 0 atom stereocenters. The lowest BCUT2D eigenvalue weighted by Gasteiger charge is -2.04. The zero-order valence-corrected chi connectivity index (χ0v) is 12.3. The molecule has 2 rings (SSSR count). The molecule has 1 N–H and O–H groups in total. The minimum atomic E-state index is 0.649. The lowest BCUT2D eigenvalue weighted by Crippen LogP contribution is -2.01. The summed E-state index contributed by atoms with van der Waals surface area (Å²) in [5.41, 5.74) is 0. The van der Waals surface area contributed by atoms with Crippen molar-refractivity contribution in [2.24, 2.45) is 0 Å². The molecule has 0 radical (unpaired) electrons. The number of unbranched alkanes of at least 4 members (excludes halogenated alkanes) is 6. The highest BCUT2D eigenvalue weighted by Gasteiger charge is 2.26. The van der Waals surface area contributed by atoms with Crippen LogP contribution in [0.4, 0.5) is 0 Å². The van der Waals surface area contributed by atoms with Crippen molar-refractivity contribution in [3.63, 3.8) is 0 Å². The van der Waals surface area contributed by atoms with E-state index in [1.54, 1.807) is 0 Å². The number of nitrogens with one attached hydrogen (secondary N) is 1. The molecule has 1 aromatic rings. The van der Waals surface area contributed by atoms with E-state index in [9.17, 15) is 0 Å². The zero-order valence-electron chi connectivity index (χ0n) is 11.5. The first kappa shape index (κ1) is 13.8. The summed E-state index contributed by atoms with van der Waals surface area (Å²) in [5.74, 6) is 1.18. The highest BCUT2D eigenvalue weighted by atomic mass is 32.1. The predicted octanol–water partition coefficient (Wildman–Crippen LogP) is 4.57. The van der Waals surface area contributed by atoms with Gasteiger partial charge in [0.15, 0.2) is 4.77 Å². The van der Waals surface area contributed by atoms with E-state index in [4.69, 9.17) is 12.2 Å². The molecule has 1 aliphatic carbocycles. The first-order valence-corrected chi connectivity index (χ1v) is 7.89. The maximum atomic E-state index is 5.28. The second-order valence-corrected chi connectivity index (χ2v) is 5.80. The second-order valence-electron chi connectivity index (χ2n) is 5.42. The number of nitrogens with zero attached hydrogens (tertiary/aromatic N) is 2. The van der Waals surface area contributed by atoms with E-state index in [2.05, 4.69) is 21.7 Å². The van der Waals surface area contributed by atoms with Crippen LogP contribution in [-0.4, -0.2) is 14.8 Å². The van der Waals surface area contributed by atoms with E-state index < -0.39 is 0 Å². The number of hydrogen-bond donors (Lipinski definition) is 1. The van der Waals surface area contributed by atoms with E-state index in [0.29, 0.717) is 6.04 Å². The van der Waals surface area contributed by atoms with Crippen molar-refractivity contribution in [1.29, 1.82) is 0 Å². The van der Waals surface area contributed by atoms with Crippen molar-refractivity contribution < 1.29 is 0 Å². The van der Waals surface area contributed by atoms with E-state index >= 15 is 0 Å². The van der Waals surface area contributed by atoms with Gasteiger partial charge in [-0.1, -0.05) is 45.4 Å². The Labute approximate surface area is 115 Å². The molecule has 0 saturated heterocycles. The normalized spacial score (nSPS) is 15.2. The van der Waals surface area contributed by atoms with Crippen LogP contribution in [0.15, 0.2) is 0 Å². The van der Waals surface area contributed by atoms with Crippen molar-refractivity contribution >= 4 is 12.2 Å². The Morgan fingerprint density at radius 1 is 1.17 bits per heavy atom. The molecule has 102 valence electrons. The van der Waals surface area contributed by atoms with E-state index in [1.807, 2.05) is 0 Å². The fourth-order valence-electron chi connectivity index (χ4n) is 2.46. The summed E-state index contributed by atoms with van der Waals surface area (Å²) >= 11 is 5.28. The largest absolute Gasteiger partial charge is 0.301 e. The monoisotopic (exact) mass is 267 g/mol. The highest BCUT2D eigenvalue weighted by molar-refractivity contribution is 7.71. The molecule has 4 heteroatoms.